The van der Waals surface area contributed by atoms with Gasteiger partial charge in [-0.05, 0) is 12.5 Å². The van der Waals surface area contributed by atoms with Crippen molar-refractivity contribution in [3.05, 3.63) is 33.4 Å². The molecule has 0 bridgehead atoms. The molecule has 6 heteroatoms. The standard InChI is InChI=1S/C8H7NO5/c1-4-2-5(9(13)14)3-6(10)7(4)8(11)12/h2-3,10H,1H3,(H,11,12). The minimum Gasteiger partial charge on any atom is -0.507 e. The minimum absolute atomic E-state index is 0.157. The zero-order valence-electron chi connectivity index (χ0n) is 7.22. The number of hydrogen-bond acceptors (Lipinski definition) is 4. The summed E-state index contributed by atoms with van der Waals surface area (Å²) < 4.78 is 0. The number of aromatic hydroxyl groups is 1. The van der Waals surface area contributed by atoms with Crippen molar-refractivity contribution in [2.75, 3.05) is 0 Å². The molecule has 0 atom stereocenters. The van der Waals surface area contributed by atoms with Crippen molar-refractivity contribution < 1.29 is 19.9 Å². The van der Waals surface area contributed by atoms with Gasteiger partial charge in [-0.2, -0.15) is 0 Å². The van der Waals surface area contributed by atoms with Gasteiger partial charge in [0, 0.05) is 6.07 Å². The van der Waals surface area contributed by atoms with Crippen LogP contribution in [0.4, 0.5) is 5.69 Å². The van der Waals surface area contributed by atoms with Crippen molar-refractivity contribution in [2.45, 2.75) is 6.92 Å². The molecule has 0 unspecified atom stereocenters. The molecule has 6 nitrogen and oxygen atoms in total. The van der Waals surface area contributed by atoms with Gasteiger partial charge in [-0.15, -0.1) is 0 Å². The lowest BCUT2D eigenvalue weighted by atomic mass is 10.1. The number of non-ortho nitro benzene ring substituents is 1. The normalized spacial score (nSPS) is 9.79. The first-order valence-electron chi connectivity index (χ1n) is 3.64. The van der Waals surface area contributed by atoms with Crippen LogP contribution < -0.4 is 0 Å². The van der Waals surface area contributed by atoms with E-state index in [1.54, 1.807) is 0 Å². The van der Waals surface area contributed by atoms with Gasteiger partial charge in [0.25, 0.3) is 5.69 Å². The van der Waals surface area contributed by atoms with Crippen LogP contribution in [0.1, 0.15) is 15.9 Å². The van der Waals surface area contributed by atoms with E-state index in [1.807, 2.05) is 0 Å². The molecule has 1 aromatic carbocycles. The Morgan fingerprint density at radius 2 is 2.07 bits per heavy atom. The predicted molar refractivity (Wildman–Crippen MR) is 46.5 cm³/mol. The molecule has 0 radical (unpaired) electrons. The van der Waals surface area contributed by atoms with Crippen molar-refractivity contribution in [3.63, 3.8) is 0 Å². The van der Waals surface area contributed by atoms with Gasteiger partial charge in [0.15, 0.2) is 0 Å². The molecule has 2 N–H and O–H groups in total. The average molecular weight is 197 g/mol. The topological polar surface area (TPSA) is 101 Å². The van der Waals surface area contributed by atoms with E-state index in [4.69, 9.17) is 5.11 Å². The molecule has 1 aromatic rings. The Kier molecular flexibility index (Phi) is 2.37. The summed E-state index contributed by atoms with van der Waals surface area (Å²) in [6.07, 6.45) is 0. The molecular formula is C8H7NO5. The third-order valence-electron chi connectivity index (χ3n) is 1.72. The molecule has 0 fully saturated rings. The zero-order valence-corrected chi connectivity index (χ0v) is 7.22. The maximum atomic E-state index is 10.6. The third-order valence-corrected chi connectivity index (χ3v) is 1.72. The van der Waals surface area contributed by atoms with E-state index < -0.39 is 16.6 Å². The second kappa shape index (κ2) is 3.33. The molecule has 1 rings (SSSR count). The molecule has 0 heterocycles. The van der Waals surface area contributed by atoms with Crippen LogP contribution in [0.2, 0.25) is 0 Å². The number of aryl methyl sites for hydroxylation is 1. The molecule has 14 heavy (non-hydrogen) atoms. The van der Waals surface area contributed by atoms with E-state index in [2.05, 4.69) is 0 Å². The Bertz CT molecular complexity index is 389. The number of hydrogen-bond donors (Lipinski definition) is 2. The molecular weight excluding hydrogens is 190 g/mol. The Morgan fingerprint density at radius 1 is 1.50 bits per heavy atom. The quantitative estimate of drug-likeness (QED) is 0.549. The summed E-state index contributed by atoms with van der Waals surface area (Å²) in [5.41, 5.74) is -0.482. The number of carboxylic acid groups (broad SMARTS) is 1. The Hall–Kier alpha value is -2.11. The summed E-state index contributed by atoms with van der Waals surface area (Å²) in [5.74, 6) is -1.90. The lowest BCUT2D eigenvalue weighted by Crippen LogP contribution is -2.01. The average Bonchev–Trinajstić information content (AvgIpc) is 2.01. The van der Waals surface area contributed by atoms with Crippen LogP contribution in [0.3, 0.4) is 0 Å². The minimum atomic E-state index is -1.31. The lowest BCUT2D eigenvalue weighted by molar-refractivity contribution is -0.385. The van der Waals surface area contributed by atoms with E-state index >= 15 is 0 Å². The fraction of sp³-hybridized carbons (Fsp3) is 0.125. The van der Waals surface area contributed by atoms with E-state index in [0.29, 0.717) is 0 Å². The smallest absolute Gasteiger partial charge is 0.339 e. The summed E-state index contributed by atoms with van der Waals surface area (Å²) in [6, 6.07) is 1.92. The number of nitro groups is 1. The van der Waals surface area contributed by atoms with Gasteiger partial charge in [0.05, 0.1) is 11.0 Å². The van der Waals surface area contributed by atoms with Crippen LogP contribution >= 0.6 is 0 Å². The highest BCUT2D eigenvalue weighted by Gasteiger charge is 2.18. The SMILES string of the molecule is Cc1cc([N+](=O)[O-])cc(O)c1C(=O)O. The summed E-state index contributed by atoms with van der Waals surface area (Å²) in [5, 5.41) is 28.2. The Morgan fingerprint density at radius 3 is 2.43 bits per heavy atom. The molecule has 0 aliphatic heterocycles. The van der Waals surface area contributed by atoms with Crippen molar-refractivity contribution in [3.8, 4) is 5.75 Å². The third kappa shape index (κ3) is 1.63. The molecule has 0 amide bonds. The number of aromatic carboxylic acids is 1. The van der Waals surface area contributed by atoms with E-state index in [-0.39, 0.29) is 16.8 Å². The molecule has 0 aromatic heterocycles. The molecule has 0 spiro atoms. The zero-order chi connectivity index (χ0) is 10.9. The summed E-state index contributed by atoms with van der Waals surface area (Å²) in [6.45, 7) is 1.39. The summed E-state index contributed by atoms with van der Waals surface area (Å²) in [7, 11) is 0. The maximum absolute atomic E-state index is 10.6. The first kappa shape index (κ1) is 9.97. The second-order valence-electron chi connectivity index (χ2n) is 2.72. The van der Waals surface area contributed by atoms with Crippen LogP contribution in [0, 0.1) is 17.0 Å². The van der Waals surface area contributed by atoms with E-state index in [9.17, 15) is 20.0 Å². The molecule has 0 aliphatic rings. The molecule has 0 saturated carbocycles. The predicted octanol–water partition coefficient (Wildman–Crippen LogP) is 1.31. The highest BCUT2D eigenvalue weighted by Crippen LogP contribution is 2.26. The second-order valence-corrected chi connectivity index (χ2v) is 2.72. The summed E-state index contributed by atoms with van der Waals surface area (Å²) in [4.78, 5) is 20.2. The largest absolute Gasteiger partial charge is 0.507 e. The molecule has 74 valence electrons. The Labute approximate surface area is 78.6 Å². The van der Waals surface area contributed by atoms with Crippen molar-refractivity contribution >= 4 is 11.7 Å². The fourth-order valence-electron chi connectivity index (χ4n) is 1.13. The van der Waals surface area contributed by atoms with Gasteiger partial charge in [0.2, 0.25) is 0 Å². The van der Waals surface area contributed by atoms with Gasteiger partial charge >= 0.3 is 5.97 Å². The first-order valence-corrected chi connectivity index (χ1v) is 3.64. The molecule has 0 aliphatic carbocycles. The van der Waals surface area contributed by atoms with E-state index in [1.165, 1.54) is 6.92 Å². The first-order chi connectivity index (χ1) is 6.43. The van der Waals surface area contributed by atoms with Crippen LogP contribution in [-0.4, -0.2) is 21.1 Å². The summed E-state index contributed by atoms with van der Waals surface area (Å²) >= 11 is 0. The number of phenols is 1. The van der Waals surface area contributed by atoms with Gasteiger partial charge in [0.1, 0.15) is 11.3 Å². The van der Waals surface area contributed by atoms with E-state index in [0.717, 1.165) is 12.1 Å². The van der Waals surface area contributed by atoms with Crippen molar-refractivity contribution in [1.29, 1.82) is 0 Å². The number of rotatable bonds is 2. The number of nitro benzene ring substituents is 1. The Balaban J connectivity index is 3.39. The van der Waals surface area contributed by atoms with Gasteiger partial charge in [-0.25, -0.2) is 4.79 Å². The highest BCUT2D eigenvalue weighted by molar-refractivity contribution is 5.92. The van der Waals surface area contributed by atoms with Crippen LogP contribution in [0.15, 0.2) is 12.1 Å². The van der Waals surface area contributed by atoms with Crippen LogP contribution in [0.5, 0.6) is 5.75 Å². The molecule has 0 saturated heterocycles. The van der Waals surface area contributed by atoms with Crippen molar-refractivity contribution in [2.24, 2.45) is 0 Å². The van der Waals surface area contributed by atoms with Gasteiger partial charge in [-0.1, -0.05) is 0 Å². The van der Waals surface area contributed by atoms with Crippen LogP contribution in [0.25, 0.3) is 0 Å². The van der Waals surface area contributed by atoms with Crippen molar-refractivity contribution in [1.82, 2.24) is 0 Å². The van der Waals surface area contributed by atoms with Gasteiger partial charge < -0.3 is 10.2 Å². The number of nitrogens with zero attached hydrogens (tertiary/aromatic N) is 1. The number of benzene rings is 1. The monoisotopic (exact) mass is 197 g/mol. The lowest BCUT2D eigenvalue weighted by Gasteiger charge is -2.02. The van der Waals surface area contributed by atoms with Gasteiger partial charge in [-0.3, -0.25) is 10.1 Å². The maximum Gasteiger partial charge on any atom is 0.339 e. The number of carbonyl (C=O) groups is 1. The van der Waals surface area contributed by atoms with Crippen LogP contribution in [-0.2, 0) is 0 Å². The number of carboxylic acids is 1. The highest BCUT2D eigenvalue weighted by atomic mass is 16.6. The fourth-order valence-corrected chi connectivity index (χ4v) is 1.13.